The molecule has 0 aromatic carbocycles. The van der Waals surface area contributed by atoms with Crippen molar-refractivity contribution >= 4 is 11.9 Å². The maximum absolute atomic E-state index is 5.58. The Hall–Kier alpha value is -1.59. The van der Waals surface area contributed by atoms with E-state index in [1.54, 1.807) is 7.05 Å². The molecule has 2 aliphatic carbocycles. The smallest absolute Gasteiger partial charge is 0.323 e. The number of nitrogens with zero attached hydrogens (tertiary/aromatic N) is 3. The van der Waals surface area contributed by atoms with Crippen LogP contribution in [0.4, 0.5) is 11.9 Å². The van der Waals surface area contributed by atoms with Crippen LogP contribution in [0, 0.1) is 17.8 Å². The van der Waals surface area contributed by atoms with E-state index in [2.05, 4.69) is 25.6 Å². The molecule has 6 heteroatoms. The number of rotatable bonds is 6. The van der Waals surface area contributed by atoms with Gasteiger partial charge in [-0.15, -0.1) is 0 Å². The number of aromatic nitrogens is 3. The van der Waals surface area contributed by atoms with Gasteiger partial charge in [-0.05, 0) is 50.9 Å². The second-order valence-corrected chi connectivity index (χ2v) is 6.50. The zero-order chi connectivity index (χ0) is 14.8. The highest BCUT2D eigenvalue weighted by molar-refractivity contribution is 5.35. The summed E-state index contributed by atoms with van der Waals surface area (Å²) in [5, 5.41) is 6.33. The first-order chi connectivity index (χ1) is 10.1. The first-order valence-electron chi connectivity index (χ1n) is 7.98. The molecule has 1 heterocycles. The SMILES string of the molecule is CNc1nc(NCC2CC3CCC2C3)nc(OC(C)C)n1. The lowest BCUT2D eigenvalue weighted by Crippen LogP contribution is -2.21. The number of nitrogens with one attached hydrogen (secondary N) is 2. The van der Waals surface area contributed by atoms with E-state index >= 15 is 0 Å². The fourth-order valence-electron chi connectivity index (χ4n) is 3.66. The lowest BCUT2D eigenvalue weighted by Gasteiger charge is -2.22. The Labute approximate surface area is 126 Å². The molecule has 0 amide bonds. The van der Waals surface area contributed by atoms with Gasteiger partial charge in [-0.1, -0.05) is 6.42 Å². The summed E-state index contributed by atoms with van der Waals surface area (Å²) in [6.45, 7) is 4.88. The Morgan fingerprint density at radius 1 is 1.14 bits per heavy atom. The van der Waals surface area contributed by atoms with Crippen molar-refractivity contribution in [2.24, 2.45) is 17.8 Å². The van der Waals surface area contributed by atoms with Crippen molar-refractivity contribution in [2.45, 2.75) is 45.6 Å². The Bertz CT molecular complexity index is 493. The molecule has 3 rings (SSSR count). The van der Waals surface area contributed by atoms with Gasteiger partial charge in [0.1, 0.15) is 0 Å². The van der Waals surface area contributed by atoms with Crippen molar-refractivity contribution in [3.8, 4) is 6.01 Å². The van der Waals surface area contributed by atoms with Crippen LogP contribution in [-0.2, 0) is 0 Å². The van der Waals surface area contributed by atoms with Gasteiger partial charge in [0.25, 0.3) is 0 Å². The molecule has 1 aromatic heterocycles. The number of ether oxygens (including phenoxy) is 1. The lowest BCUT2D eigenvalue weighted by molar-refractivity contribution is 0.222. The Morgan fingerprint density at radius 3 is 2.57 bits per heavy atom. The van der Waals surface area contributed by atoms with Gasteiger partial charge in [-0.3, -0.25) is 0 Å². The molecule has 0 aliphatic heterocycles. The van der Waals surface area contributed by atoms with E-state index < -0.39 is 0 Å². The van der Waals surface area contributed by atoms with Crippen molar-refractivity contribution in [3.63, 3.8) is 0 Å². The molecule has 116 valence electrons. The van der Waals surface area contributed by atoms with Gasteiger partial charge < -0.3 is 15.4 Å². The number of fused-ring (bicyclic) bond motifs is 2. The molecule has 1 aromatic rings. The Morgan fingerprint density at radius 2 is 1.95 bits per heavy atom. The minimum atomic E-state index is 0.0514. The first kappa shape index (κ1) is 14.4. The molecule has 21 heavy (non-hydrogen) atoms. The van der Waals surface area contributed by atoms with Crippen LogP contribution in [0.15, 0.2) is 0 Å². The third-order valence-corrected chi connectivity index (χ3v) is 4.59. The largest absolute Gasteiger partial charge is 0.461 e. The molecular formula is C15H25N5O. The van der Waals surface area contributed by atoms with Crippen LogP contribution in [0.5, 0.6) is 6.01 Å². The van der Waals surface area contributed by atoms with E-state index in [1.165, 1.54) is 25.7 Å². The summed E-state index contributed by atoms with van der Waals surface area (Å²) in [5.41, 5.74) is 0. The minimum absolute atomic E-state index is 0.0514. The van der Waals surface area contributed by atoms with Crippen LogP contribution in [0.2, 0.25) is 0 Å². The van der Waals surface area contributed by atoms with E-state index in [4.69, 9.17) is 4.74 Å². The van der Waals surface area contributed by atoms with Gasteiger partial charge in [0, 0.05) is 13.6 Å². The number of hydrogen-bond acceptors (Lipinski definition) is 6. The minimum Gasteiger partial charge on any atom is -0.461 e. The quantitative estimate of drug-likeness (QED) is 0.839. The van der Waals surface area contributed by atoms with Crippen LogP contribution < -0.4 is 15.4 Å². The molecule has 2 N–H and O–H groups in total. The van der Waals surface area contributed by atoms with Crippen molar-refractivity contribution in [1.29, 1.82) is 0 Å². The first-order valence-corrected chi connectivity index (χ1v) is 7.98. The van der Waals surface area contributed by atoms with Crippen molar-refractivity contribution in [2.75, 3.05) is 24.2 Å². The summed E-state index contributed by atoms with van der Waals surface area (Å²) in [6, 6.07) is 0.375. The zero-order valence-electron chi connectivity index (χ0n) is 13.1. The predicted octanol–water partition coefficient (Wildman–Crippen LogP) is 2.55. The van der Waals surface area contributed by atoms with Crippen LogP contribution in [0.3, 0.4) is 0 Å². The molecular weight excluding hydrogens is 266 g/mol. The molecule has 2 bridgehead atoms. The average molecular weight is 291 g/mol. The summed E-state index contributed by atoms with van der Waals surface area (Å²) < 4.78 is 5.58. The average Bonchev–Trinajstić information content (AvgIpc) is 3.06. The molecule has 3 atom stereocenters. The summed E-state index contributed by atoms with van der Waals surface area (Å²) in [7, 11) is 1.80. The van der Waals surface area contributed by atoms with Gasteiger partial charge in [0.05, 0.1) is 6.10 Å². The highest BCUT2D eigenvalue weighted by Crippen LogP contribution is 2.48. The van der Waals surface area contributed by atoms with Crippen LogP contribution in [-0.4, -0.2) is 34.6 Å². The third kappa shape index (κ3) is 3.36. The molecule has 0 saturated heterocycles. The summed E-state index contributed by atoms with van der Waals surface area (Å²) in [4.78, 5) is 12.9. The van der Waals surface area contributed by atoms with Crippen molar-refractivity contribution in [1.82, 2.24) is 15.0 Å². The summed E-state index contributed by atoms with van der Waals surface area (Å²) >= 11 is 0. The van der Waals surface area contributed by atoms with E-state index in [-0.39, 0.29) is 6.10 Å². The van der Waals surface area contributed by atoms with Gasteiger partial charge in [0.15, 0.2) is 0 Å². The van der Waals surface area contributed by atoms with Gasteiger partial charge in [-0.25, -0.2) is 0 Å². The van der Waals surface area contributed by atoms with Crippen LogP contribution in [0.25, 0.3) is 0 Å². The fraction of sp³-hybridized carbons (Fsp3) is 0.800. The molecule has 2 fully saturated rings. The summed E-state index contributed by atoms with van der Waals surface area (Å²) in [6.07, 6.45) is 5.67. The summed E-state index contributed by atoms with van der Waals surface area (Å²) in [5.74, 6) is 3.78. The second kappa shape index (κ2) is 6.03. The highest BCUT2D eigenvalue weighted by atomic mass is 16.5. The predicted molar refractivity (Wildman–Crippen MR) is 82.6 cm³/mol. The fourth-order valence-corrected chi connectivity index (χ4v) is 3.66. The van der Waals surface area contributed by atoms with Gasteiger partial charge >= 0.3 is 6.01 Å². The lowest BCUT2D eigenvalue weighted by atomic mass is 9.89. The molecule has 2 aliphatic rings. The van der Waals surface area contributed by atoms with E-state index in [0.29, 0.717) is 17.9 Å². The van der Waals surface area contributed by atoms with Crippen molar-refractivity contribution < 1.29 is 4.74 Å². The number of anilines is 2. The maximum atomic E-state index is 5.58. The van der Waals surface area contributed by atoms with Crippen molar-refractivity contribution in [3.05, 3.63) is 0 Å². The Kier molecular flexibility index (Phi) is 4.12. The topological polar surface area (TPSA) is 72.0 Å². The standard InChI is InChI=1S/C15H25N5O/c1-9(2)21-15-19-13(16-3)18-14(20-15)17-8-12-7-10-4-5-11(12)6-10/h9-12H,4-8H2,1-3H3,(H2,16,17,18,19,20). The zero-order valence-corrected chi connectivity index (χ0v) is 13.1. The van der Waals surface area contributed by atoms with E-state index in [1.807, 2.05) is 13.8 Å². The third-order valence-electron chi connectivity index (χ3n) is 4.59. The number of hydrogen-bond donors (Lipinski definition) is 2. The van der Waals surface area contributed by atoms with Crippen LogP contribution in [0.1, 0.15) is 39.5 Å². The van der Waals surface area contributed by atoms with Gasteiger partial charge in [0.2, 0.25) is 11.9 Å². The highest BCUT2D eigenvalue weighted by Gasteiger charge is 2.39. The second-order valence-electron chi connectivity index (χ2n) is 6.50. The molecule has 3 unspecified atom stereocenters. The molecule has 6 nitrogen and oxygen atoms in total. The molecule has 2 saturated carbocycles. The molecule has 0 radical (unpaired) electrons. The maximum Gasteiger partial charge on any atom is 0.323 e. The van der Waals surface area contributed by atoms with Crippen LogP contribution >= 0.6 is 0 Å². The normalized spacial score (nSPS) is 27.1. The van der Waals surface area contributed by atoms with E-state index in [0.717, 1.165) is 24.3 Å². The van der Waals surface area contributed by atoms with E-state index in [9.17, 15) is 0 Å². The van der Waals surface area contributed by atoms with Gasteiger partial charge in [-0.2, -0.15) is 15.0 Å². The monoisotopic (exact) mass is 291 g/mol. The Balaban J connectivity index is 1.63. The molecule has 0 spiro atoms.